The zero-order chi connectivity index (χ0) is 37.0. The van der Waals surface area contributed by atoms with Crippen LogP contribution < -0.4 is 0 Å². The van der Waals surface area contributed by atoms with E-state index in [9.17, 15) is 0 Å². The standard InChI is InChI=1S/C52H34INOS/c1-3-12-36(13-4-1)50-32-33-51(56-50)37-24-28-39(29-25-37)53(38-26-22-35(23-27-38)42-18-11-19-45-44-17-8-10-21-49(44)55-52(42)45)40-30-31-48-46(34-40)43-16-7-9-20-47(43)54(48)41-14-5-2-6-15-41/h1-34H. The summed E-state index contributed by atoms with van der Waals surface area (Å²) in [6.45, 7) is 0. The topological polar surface area (TPSA) is 18.1 Å². The van der Waals surface area contributed by atoms with Crippen LogP contribution in [0.25, 0.3) is 81.4 Å². The minimum absolute atomic E-state index is 0.922. The predicted molar refractivity (Wildman–Crippen MR) is 245 cm³/mol. The summed E-state index contributed by atoms with van der Waals surface area (Å²) in [7, 11) is 0. The Morgan fingerprint density at radius 2 is 0.964 bits per heavy atom. The van der Waals surface area contributed by atoms with E-state index in [1.165, 1.54) is 59.1 Å². The Morgan fingerprint density at radius 1 is 0.393 bits per heavy atom. The number of thiophene rings is 1. The number of hydrogen-bond acceptors (Lipinski definition) is 2. The molecule has 0 aliphatic carbocycles. The maximum atomic E-state index is 6.45. The van der Waals surface area contributed by atoms with Crippen LogP contribution in [0.1, 0.15) is 0 Å². The number of furan rings is 1. The van der Waals surface area contributed by atoms with Gasteiger partial charge in [0.05, 0.1) is 0 Å². The third kappa shape index (κ3) is 5.67. The first-order valence-corrected chi connectivity index (χ1v) is 22.9. The second-order valence-corrected chi connectivity index (χ2v) is 20.4. The summed E-state index contributed by atoms with van der Waals surface area (Å²) in [6, 6.07) is 75.5. The third-order valence-corrected chi connectivity index (χ3v) is 17.7. The van der Waals surface area contributed by atoms with Crippen LogP contribution in [0.4, 0.5) is 0 Å². The normalized spacial score (nSPS) is 11.9. The first-order chi connectivity index (χ1) is 27.8. The van der Waals surface area contributed by atoms with Crippen molar-refractivity contribution in [3.8, 4) is 37.7 Å². The van der Waals surface area contributed by atoms with Gasteiger partial charge in [-0.3, -0.25) is 0 Å². The van der Waals surface area contributed by atoms with E-state index in [1.54, 1.807) is 0 Å². The van der Waals surface area contributed by atoms with Gasteiger partial charge >= 0.3 is 339 Å². The molecule has 11 rings (SSSR count). The molecule has 0 spiro atoms. The quantitative estimate of drug-likeness (QED) is 0.146. The van der Waals surface area contributed by atoms with Crippen LogP contribution in [0.15, 0.2) is 211 Å². The molecule has 0 aliphatic heterocycles. The van der Waals surface area contributed by atoms with Crippen LogP contribution in [-0.4, -0.2) is 4.57 Å². The number of fused-ring (bicyclic) bond motifs is 6. The van der Waals surface area contributed by atoms with Crippen molar-refractivity contribution < 1.29 is 4.42 Å². The zero-order valence-corrected chi connectivity index (χ0v) is 33.2. The molecule has 0 aliphatic rings. The van der Waals surface area contributed by atoms with E-state index in [-0.39, 0.29) is 0 Å². The van der Waals surface area contributed by atoms with E-state index in [0.717, 1.165) is 33.1 Å². The van der Waals surface area contributed by atoms with Crippen LogP contribution in [0.3, 0.4) is 0 Å². The van der Waals surface area contributed by atoms with Crippen molar-refractivity contribution >= 4 is 74.9 Å². The van der Waals surface area contributed by atoms with E-state index in [1.807, 2.05) is 17.4 Å². The molecule has 0 bridgehead atoms. The summed E-state index contributed by atoms with van der Waals surface area (Å²) in [5, 5.41) is 4.88. The van der Waals surface area contributed by atoms with Crippen molar-refractivity contribution in [1.82, 2.24) is 4.57 Å². The number of aromatic nitrogens is 1. The summed E-state index contributed by atoms with van der Waals surface area (Å²) in [5.74, 6) is 0. The number of para-hydroxylation sites is 4. The van der Waals surface area contributed by atoms with Gasteiger partial charge in [0.15, 0.2) is 0 Å². The fraction of sp³-hybridized carbons (Fsp3) is 0. The Morgan fingerprint density at radius 3 is 1.71 bits per heavy atom. The molecule has 0 fully saturated rings. The first kappa shape index (κ1) is 33.2. The van der Waals surface area contributed by atoms with E-state index >= 15 is 0 Å². The van der Waals surface area contributed by atoms with E-state index in [0.29, 0.717) is 0 Å². The van der Waals surface area contributed by atoms with Gasteiger partial charge in [-0.05, 0) is 0 Å². The SMILES string of the molecule is c1ccc(-c2ccc(-c3ccc(I(c4ccc(-c5cccc6c5oc5ccccc56)cc4)c4ccc5c(c4)c4ccccc4n5-c4ccccc4)cc3)s2)cc1. The summed E-state index contributed by atoms with van der Waals surface area (Å²) in [6.07, 6.45) is 0. The molecule has 0 radical (unpaired) electrons. The molecule has 266 valence electrons. The van der Waals surface area contributed by atoms with Gasteiger partial charge in [0.2, 0.25) is 0 Å². The summed E-state index contributed by atoms with van der Waals surface area (Å²) < 4.78 is 13.1. The van der Waals surface area contributed by atoms with Crippen molar-refractivity contribution in [1.29, 1.82) is 0 Å². The monoisotopic (exact) mass is 847 g/mol. The molecule has 0 amide bonds. The van der Waals surface area contributed by atoms with Crippen molar-refractivity contribution in [2.24, 2.45) is 0 Å². The molecule has 8 aromatic carbocycles. The van der Waals surface area contributed by atoms with Crippen LogP contribution in [-0.2, 0) is 0 Å². The average Bonchev–Trinajstić information content (AvgIpc) is 4.00. The Bertz CT molecular complexity index is 3180. The Balaban J connectivity index is 1.04. The van der Waals surface area contributed by atoms with Crippen molar-refractivity contribution in [2.75, 3.05) is 0 Å². The minimum atomic E-state index is -2.19. The summed E-state index contributed by atoms with van der Waals surface area (Å²) in [5.41, 5.74) is 10.3. The van der Waals surface area contributed by atoms with Crippen molar-refractivity contribution in [3.05, 3.63) is 217 Å². The first-order valence-electron chi connectivity index (χ1n) is 18.8. The molecule has 0 unspecified atom stereocenters. The molecule has 0 saturated heterocycles. The number of halogens is 1. The third-order valence-electron chi connectivity index (χ3n) is 10.7. The number of rotatable bonds is 7. The Kier molecular flexibility index (Phi) is 8.18. The molecule has 4 heteroatoms. The van der Waals surface area contributed by atoms with Crippen molar-refractivity contribution in [3.63, 3.8) is 0 Å². The van der Waals surface area contributed by atoms with E-state index in [4.69, 9.17) is 4.42 Å². The maximum absolute atomic E-state index is 6.45. The van der Waals surface area contributed by atoms with E-state index in [2.05, 4.69) is 205 Å². The van der Waals surface area contributed by atoms with Crippen LogP contribution >= 0.6 is 31.2 Å². The Labute approximate surface area is 336 Å². The molecule has 56 heavy (non-hydrogen) atoms. The second-order valence-electron chi connectivity index (χ2n) is 14.0. The van der Waals surface area contributed by atoms with Crippen LogP contribution in [0.5, 0.6) is 0 Å². The predicted octanol–water partition coefficient (Wildman–Crippen LogP) is 15.2. The molecule has 3 aromatic heterocycles. The fourth-order valence-corrected chi connectivity index (χ4v) is 14.5. The zero-order valence-electron chi connectivity index (χ0n) is 30.3. The van der Waals surface area contributed by atoms with Gasteiger partial charge < -0.3 is 0 Å². The van der Waals surface area contributed by atoms with Crippen LogP contribution in [0.2, 0.25) is 0 Å². The molecule has 3 heterocycles. The fourth-order valence-electron chi connectivity index (χ4n) is 8.02. The number of hydrogen-bond donors (Lipinski definition) is 0. The molecular weight excluding hydrogens is 814 g/mol. The van der Waals surface area contributed by atoms with Gasteiger partial charge in [-0.1, -0.05) is 0 Å². The van der Waals surface area contributed by atoms with E-state index < -0.39 is 19.8 Å². The molecule has 11 aromatic rings. The summed E-state index contributed by atoms with van der Waals surface area (Å²) >= 11 is -0.334. The summed E-state index contributed by atoms with van der Waals surface area (Å²) in [4.78, 5) is 2.58. The van der Waals surface area contributed by atoms with Gasteiger partial charge in [-0.15, -0.1) is 0 Å². The molecule has 2 nitrogen and oxygen atoms in total. The Hall–Kier alpha value is -6.21. The molecule has 0 saturated carbocycles. The van der Waals surface area contributed by atoms with Crippen molar-refractivity contribution in [2.45, 2.75) is 0 Å². The number of nitrogens with zero attached hydrogens (tertiary/aromatic N) is 1. The molecule has 0 atom stereocenters. The van der Waals surface area contributed by atoms with Gasteiger partial charge in [0, 0.05) is 0 Å². The van der Waals surface area contributed by atoms with Gasteiger partial charge in [0.1, 0.15) is 0 Å². The number of benzene rings is 8. The van der Waals surface area contributed by atoms with Gasteiger partial charge in [-0.2, -0.15) is 0 Å². The molecular formula is C52H34INOS. The van der Waals surface area contributed by atoms with Gasteiger partial charge in [0.25, 0.3) is 0 Å². The average molecular weight is 848 g/mol. The molecule has 0 N–H and O–H groups in total. The van der Waals surface area contributed by atoms with Crippen LogP contribution in [0, 0.1) is 10.7 Å². The second kappa shape index (κ2) is 13.8. The van der Waals surface area contributed by atoms with Gasteiger partial charge in [-0.25, -0.2) is 0 Å².